The summed E-state index contributed by atoms with van der Waals surface area (Å²) in [6.45, 7) is 4.26. The number of amides is 1. The highest BCUT2D eigenvalue weighted by Gasteiger charge is 2.21. The summed E-state index contributed by atoms with van der Waals surface area (Å²) in [6, 6.07) is 3.55. The van der Waals surface area contributed by atoms with Gasteiger partial charge in [0.25, 0.3) is 5.91 Å². The van der Waals surface area contributed by atoms with Crippen LogP contribution in [0.25, 0.3) is 0 Å². The highest BCUT2D eigenvalue weighted by atomic mass is 79.9. The van der Waals surface area contributed by atoms with Crippen LogP contribution in [0, 0.1) is 5.82 Å². The Bertz CT molecular complexity index is 409. The Balaban J connectivity index is 3.01. The number of hydrogen-bond acceptors (Lipinski definition) is 2. The number of carbonyl (C=O) groups excluding carboxylic acids is 1. The highest BCUT2D eigenvalue weighted by molar-refractivity contribution is 9.09. The molecule has 5 heteroatoms. The summed E-state index contributed by atoms with van der Waals surface area (Å²) in [4.78, 5) is 13.7. The van der Waals surface area contributed by atoms with Gasteiger partial charge in [-0.3, -0.25) is 4.79 Å². The van der Waals surface area contributed by atoms with Gasteiger partial charge in [0.2, 0.25) is 0 Å². The maximum absolute atomic E-state index is 13.5. The van der Waals surface area contributed by atoms with Crippen LogP contribution >= 0.6 is 15.9 Å². The van der Waals surface area contributed by atoms with Crippen LogP contribution in [0.15, 0.2) is 18.2 Å². The molecule has 0 spiro atoms. The van der Waals surface area contributed by atoms with E-state index in [0.29, 0.717) is 11.9 Å². The molecule has 0 saturated carbocycles. The molecule has 1 amide bonds. The van der Waals surface area contributed by atoms with E-state index in [1.165, 1.54) is 12.1 Å². The van der Waals surface area contributed by atoms with E-state index < -0.39 is 5.82 Å². The molecule has 0 aliphatic heterocycles. The maximum atomic E-state index is 13.5. The molecule has 0 unspecified atom stereocenters. The van der Waals surface area contributed by atoms with Gasteiger partial charge in [-0.1, -0.05) is 15.9 Å². The first-order valence-corrected chi connectivity index (χ1v) is 6.45. The molecule has 1 N–H and O–H groups in total. The Morgan fingerprint density at radius 3 is 2.65 bits per heavy atom. The fourth-order valence-electron chi connectivity index (χ4n) is 1.52. The lowest BCUT2D eigenvalue weighted by Gasteiger charge is -2.26. The van der Waals surface area contributed by atoms with Gasteiger partial charge < -0.3 is 10.0 Å². The van der Waals surface area contributed by atoms with Crippen molar-refractivity contribution in [2.75, 3.05) is 11.9 Å². The number of carbonyl (C=O) groups is 1. The summed E-state index contributed by atoms with van der Waals surface area (Å²) >= 11 is 3.26. The molecule has 0 bridgehead atoms. The van der Waals surface area contributed by atoms with Crippen molar-refractivity contribution in [1.82, 2.24) is 4.90 Å². The van der Waals surface area contributed by atoms with Crippen molar-refractivity contribution in [1.29, 1.82) is 0 Å². The van der Waals surface area contributed by atoms with Gasteiger partial charge in [0.05, 0.1) is 5.56 Å². The Labute approximate surface area is 108 Å². The number of hydrogen-bond donors (Lipinski definition) is 1. The maximum Gasteiger partial charge on any atom is 0.257 e. The second-order valence-electron chi connectivity index (χ2n) is 3.95. The number of nitrogens with zero attached hydrogens (tertiary/aromatic N) is 1. The van der Waals surface area contributed by atoms with Crippen LogP contribution in [-0.4, -0.2) is 33.8 Å². The zero-order chi connectivity index (χ0) is 13.0. The summed E-state index contributed by atoms with van der Waals surface area (Å²) in [5, 5.41) is 9.73. The predicted octanol–water partition coefficient (Wildman–Crippen LogP) is 2.78. The van der Waals surface area contributed by atoms with Crippen molar-refractivity contribution in [2.24, 2.45) is 0 Å². The molecule has 0 aliphatic carbocycles. The van der Waals surface area contributed by atoms with E-state index in [4.69, 9.17) is 5.11 Å². The first-order valence-electron chi connectivity index (χ1n) is 5.32. The lowest BCUT2D eigenvalue weighted by Crippen LogP contribution is -2.38. The Hall–Kier alpha value is -1.10. The zero-order valence-corrected chi connectivity index (χ0v) is 11.4. The molecule has 1 aromatic carbocycles. The zero-order valence-electron chi connectivity index (χ0n) is 9.78. The molecule has 0 atom stereocenters. The van der Waals surface area contributed by atoms with E-state index in [9.17, 15) is 9.18 Å². The van der Waals surface area contributed by atoms with Crippen molar-refractivity contribution in [3.63, 3.8) is 0 Å². The fourth-order valence-corrected chi connectivity index (χ4v) is 1.90. The van der Waals surface area contributed by atoms with Gasteiger partial charge in [0.1, 0.15) is 11.6 Å². The standard InChI is InChI=1S/C12H15BrFNO2/c1-8(2)15(6-5-13)12(17)10-4-3-9(16)7-11(10)14/h3-4,7-8,16H,5-6H2,1-2H3. The van der Waals surface area contributed by atoms with Gasteiger partial charge in [0, 0.05) is 24.0 Å². The number of alkyl halides is 1. The molecule has 0 heterocycles. The van der Waals surface area contributed by atoms with Gasteiger partial charge >= 0.3 is 0 Å². The van der Waals surface area contributed by atoms with Crippen LogP contribution in [0.4, 0.5) is 4.39 Å². The first kappa shape index (κ1) is 14.0. The highest BCUT2D eigenvalue weighted by Crippen LogP contribution is 2.17. The number of halogens is 2. The van der Waals surface area contributed by atoms with Crippen LogP contribution in [-0.2, 0) is 0 Å². The lowest BCUT2D eigenvalue weighted by atomic mass is 10.1. The average molecular weight is 304 g/mol. The quantitative estimate of drug-likeness (QED) is 0.869. The molecule has 0 aromatic heterocycles. The Kier molecular flexibility index (Phi) is 4.93. The molecule has 0 fully saturated rings. The first-order chi connectivity index (χ1) is 7.97. The minimum atomic E-state index is -0.699. The van der Waals surface area contributed by atoms with E-state index in [1.807, 2.05) is 13.8 Å². The van der Waals surface area contributed by atoms with Crippen molar-refractivity contribution in [2.45, 2.75) is 19.9 Å². The summed E-state index contributed by atoms with van der Waals surface area (Å²) in [6.07, 6.45) is 0. The molecule has 1 rings (SSSR count). The smallest absolute Gasteiger partial charge is 0.257 e. The minimum absolute atomic E-state index is 0.00625. The van der Waals surface area contributed by atoms with Crippen molar-refractivity contribution < 1.29 is 14.3 Å². The molecule has 0 saturated heterocycles. The Morgan fingerprint density at radius 1 is 1.53 bits per heavy atom. The van der Waals surface area contributed by atoms with Gasteiger partial charge in [-0.05, 0) is 26.0 Å². The Morgan fingerprint density at radius 2 is 2.18 bits per heavy atom. The molecule has 0 radical (unpaired) electrons. The number of benzene rings is 1. The van der Waals surface area contributed by atoms with Gasteiger partial charge in [-0.2, -0.15) is 0 Å². The van der Waals surface area contributed by atoms with Gasteiger partial charge in [-0.25, -0.2) is 4.39 Å². The largest absolute Gasteiger partial charge is 0.508 e. The normalized spacial score (nSPS) is 10.6. The summed E-state index contributed by atoms with van der Waals surface area (Å²) in [5.41, 5.74) is -0.0162. The van der Waals surface area contributed by atoms with Gasteiger partial charge in [0.15, 0.2) is 0 Å². The van der Waals surface area contributed by atoms with E-state index >= 15 is 0 Å². The number of phenols is 1. The molecule has 0 aliphatic rings. The second-order valence-corrected chi connectivity index (χ2v) is 4.74. The van der Waals surface area contributed by atoms with Crippen molar-refractivity contribution in [3.8, 4) is 5.75 Å². The van der Waals surface area contributed by atoms with E-state index in [1.54, 1.807) is 4.90 Å². The van der Waals surface area contributed by atoms with Crippen LogP contribution in [0.1, 0.15) is 24.2 Å². The topological polar surface area (TPSA) is 40.5 Å². The number of phenolic OH excluding ortho intramolecular Hbond substituents is 1. The third kappa shape index (κ3) is 3.43. The summed E-state index contributed by atoms with van der Waals surface area (Å²) in [7, 11) is 0. The molecule has 94 valence electrons. The van der Waals surface area contributed by atoms with Crippen molar-refractivity contribution in [3.05, 3.63) is 29.6 Å². The van der Waals surface area contributed by atoms with Crippen molar-refractivity contribution >= 4 is 21.8 Å². The lowest BCUT2D eigenvalue weighted by molar-refractivity contribution is 0.0714. The molecule has 1 aromatic rings. The van der Waals surface area contributed by atoms with Crippen LogP contribution in [0.3, 0.4) is 0 Å². The molecule has 17 heavy (non-hydrogen) atoms. The monoisotopic (exact) mass is 303 g/mol. The molecular formula is C12H15BrFNO2. The van der Waals surface area contributed by atoms with E-state index in [0.717, 1.165) is 6.07 Å². The third-order valence-corrected chi connectivity index (χ3v) is 2.75. The minimum Gasteiger partial charge on any atom is -0.508 e. The number of rotatable bonds is 4. The SMILES string of the molecule is CC(C)N(CCBr)C(=O)c1ccc(O)cc1F. The van der Waals surface area contributed by atoms with Crippen LogP contribution in [0.2, 0.25) is 0 Å². The second kappa shape index (κ2) is 6.00. The van der Waals surface area contributed by atoms with Crippen LogP contribution < -0.4 is 0 Å². The van der Waals surface area contributed by atoms with Crippen LogP contribution in [0.5, 0.6) is 5.75 Å². The number of aromatic hydroxyl groups is 1. The summed E-state index contributed by atoms with van der Waals surface area (Å²) in [5.74, 6) is -1.25. The third-order valence-electron chi connectivity index (χ3n) is 2.39. The molecule has 3 nitrogen and oxygen atoms in total. The van der Waals surface area contributed by atoms with Gasteiger partial charge in [-0.15, -0.1) is 0 Å². The molecular weight excluding hydrogens is 289 g/mol. The van der Waals surface area contributed by atoms with E-state index in [-0.39, 0.29) is 23.3 Å². The summed E-state index contributed by atoms with van der Waals surface area (Å²) < 4.78 is 13.5. The average Bonchev–Trinajstić information content (AvgIpc) is 2.24. The van der Waals surface area contributed by atoms with E-state index in [2.05, 4.69) is 15.9 Å². The fraction of sp³-hybridized carbons (Fsp3) is 0.417. The predicted molar refractivity (Wildman–Crippen MR) is 68.0 cm³/mol.